The van der Waals surface area contributed by atoms with Gasteiger partial charge in [-0.3, -0.25) is 9.59 Å². The van der Waals surface area contributed by atoms with Crippen molar-refractivity contribution in [2.24, 2.45) is 0 Å². The minimum atomic E-state index is -1.13. The Kier molecular flexibility index (Phi) is 6.94. The number of carboxylic acids is 1. The Labute approximate surface area is 123 Å². The highest BCUT2D eigenvalue weighted by molar-refractivity contribution is 5.91. The number of hydrogen-bond donors (Lipinski definition) is 2. The van der Waals surface area contributed by atoms with Gasteiger partial charge in [0.15, 0.2) is 0 Å². The van der Waals surface area contributed by atoms with Gasteiger partial charge < -0.3 is 15.2 Å². The number of esters is 1. The van der Waals surface area contributed by atoms with Crippen LogP contribution in [0.25, 0.3) is 0 Å². The molecule has 6 heteroatoms. The van der Waals surface area contributed by atoms with Gasteiger partial charge in [0, 0.05) is 19.9 Å². The van der Waals surface area contributed by atoms with E-state index in [9.17, 15) is 14.4 Å². The Balaban J connectivity index is 2.31. The van der Waals surface area contributed by atoms with Gasteiger partial charge in [-0.2, -0.15) is 0 Å². The van der Waals surface area contributed by atoms with Gasteiger partial charge in [-0.05, 0) is 25.0 Å². The second-order valence-corrected chi connectivity index (χ2v) is 4.57. The van der Waals surface area contributed by atoms with E-state index in [0.717, 1.165) is 12.8 Å². The molecule has 0 aliphatic rings. The third kappa shape index (κ3) is 6.56. The number of ether oxygens (including phenoxy) is 1. The number of carboxylic acid groups (broad SMARTS) is 1. The van der Waals surface area contributed by atoms with Gasteiger partial charge in [0.05, 0.1) is 0 Å². The number of unbranched alkanes of at least 4 members (excludes halogenated alkanes) is 2. The maximum atomic E-state index is 11.6. The van der Waals surface area contributed by atoms with Crippen molar-refractivity contribution < 1.29 is 24.2 Å². The minimum absolute atomic E-state index is 0.0310. The van der Waals surface area contributed by atoms with Gasteiger partial charge in [-0.15, -0.1) is 0 Å². The molecule has 0 atom stereocenters. The van der Waals surface area contributed by atoms with E-state index in [1.54, 1.807) is 12.1 Å². The van der Waals surface area contributed by atoms with Crippen LogP contribution in [0.2, 0.25) is 0 Å². The number of nitrogens with one attached hydrogen (secondary N) is 1. The molecular formula is C15H19NO5. The van der Waals surface area contributed by atoms with Crippen molar-refractivity contribution in [1.82, 2.24) is 5.32 Å². The monoisotopic (exact) mass is 293 g/mol. The molecule has 0 saturated carbocycles. The summed E-state index contributed by atoms with van der Waals surface area (Å²) in [7, 11) is 0. The van der Waals surface area contributed by atoms with E-state index in [1.165, 1.54) is 19.1 Å². The lowest BCUT2D eigenvalue weighted by atomic mass is 10.2. The molecule has 0 aliphatic heterocycles. The van der Waals surface area contributed by atoms with Crippen LogP contribution in [0.1, 0.15) is 43.0 Å². The van der Waals surface area contributed by atoms with Crippen LogP contribution in [0.15, 0.2) is 24.3 Å². The number of rotatable bonds is 8. The summed E-state index contributed by atoms with van der Waals surface area (Å²) in [6.07, 6.45) is 2.43. The Hall–Kier alpha value is -2.37. The topological polar surface area (TPSA) is 92.7 Å². The molecule has 1 rings (SSSR count). The summed E-state index contributed by atoms with van der Waals surface area (Å²) in [6, 6.07) is 6.03. The second kappa shape index (κ2) is 8.73. The Bertz CT molecular complexity index is 513. The molecule has 0 saturated heterocycles. The summed E-state index contributed by atoms with van der Waals surface area (Å²) < 4.78 is 5.06. The number of aromatic carboxylic acids is 1. The first-order valence-electron chi connectivity index (χ1n) is 6.78. The Morgan fingerprint density at radius 2 is 1.86 bits per heavy atom. The lowest BCUT2D eigenvalue weighted by molar-refractivity contribution is -0.134. The van der Waals surface area contributed by atoms with Gasteiger partial charge in [0.25, 0.3) is 0 Å². The van der Waals surface area contributed by atoms with Crippen molar-refractivity contribution in [2.75, 3.05) is 6.54 Å². The van der Waals surface area contributed by atoms with Crippen LogP contribution >= 0.6 is 0 Å². The van der Waals surface area contributed by atoms with Crippen LogP contribution in [0.5, 0.6) is 5.75 Å². The standard InChI is InChI=1S/C15H19NO5/c1-11(17)16-10-6-2-3-9-14(18)21-13-8-5-4-7-12(13)15(19)20/h4-5,7-8H,2-3,6,9-10H2,1H3,(H,16,17)(H,19,20). The highest BCUT2D eigenvalue weighted by Crippen LogP contribution is 2.18. The number of benzene rings is 1. The van der Waals surface area contributed by atoms with E-state index in [1.807, 2.05) is 0 Å². The van der Waals surface area contributed by atoms with Crippen LogP contribution < -0.4 is 10.1 Å². The average molecular weight is 293 g/mol. The molecule has 0 spiro atoms. The van der Waals surface area contributed by atoms with Gasteiger partial charge in [-0.1, -0.05) is 18.6 Å². The summed E-state index contributed by atoms with van der Waals surface area (Å²) in [4.78, 5) is 33.2. The molecule has 1 amide bonds. The first-order chi connectivity index (χ1) is 10.0. The summed E-state index contributed by atoms with van der Waals surface area (Å²) >= 11 is 0. The van der Waals surface area contributed by atoms with Crippen molar-refractivity contribution in [3.63, 3.8) is 0 Å². The van der Waals surface area contributed by atoms with Gasteiger partial charge in [0.2, 0.25) is 5.91 Å². The molecule has 0 heterocycles. The molecular weight excluding hydrogens is 274 g/mol. The summed E-state index contributed by atoms with van der Waals surface area (Å²) in [5.74, 6) is -1.59. The van der Waals surface area contributed by atoms with E-state index >= 15 is 0 Å². The summed E-state index contributed by atoms with van der Waals surface area (Å²) in [6.45, 7) is 2.05. The van der Waals surface area contributed by atoms with E-state index in [0.29, 0.717) is 13.0 Å². The predicted molar refractivity (Wildman–Crippen MR) is 76.2 cm³/mol. The first-order valence-corrected chi connectivity index (χ1v) is 6.78. The fourth-order valence-corrected chi connectivity index (χ4v) is 1.74. The predicted octanol–water partition coefficient (Wildman–Crippen LogP) is 1.99. The number of para-hydroxylation sites is 1. The second-order valence-electron chi connectivity index (χ2n) is 4.57. The largest absolute Gasteiger partial charge is 0.478 e. The van der Waals surface area contributed by atoms with Gasteiger partial charge in [0.1, 0.15) is 11.3 Å². The van der Waals surface area contributed by atoms with E-state index in [2.05, 4.69) is 5.32 Å². The quantitative estimate of drug-likeness (QED) is 0.434. The smallest absolute Gasteiger partial charge is 0.339 e. The Morgan fingerprint density at radius 1 is 1.14 bits per heavy atom. The molecule has 0 aliphatic carbocycles. The Morgan fingerprint density at radius 3 is 2.52 bits per heavy atom. The molecule has 0 fully saturated rings. The van der Waals surface area contributed by atoms with Crippen LogP contribution in [-0.4, -0.2) is 29.5 Å². The lowest BCUT2D eigenvalue weighted by Gasteiger charge is -2.07. The molecule has 1 aromatic carbocycles. The first kappa shape index (κ1) is 16.7. The molecule has 6 nitrogen and oxygen atoms in total. The SMILES string of the molecule is CC(=O)NCCCCCC(=O)Oc1ccccc1C(=O)O. The normalized spacial score (nSPS) is 9.95. The maximum Gasteiger partial charge on any atom is 0.339 e. The van der Waals surface area contributed by atoms with Crippen LogP contribution in [0, 0.1) is 0 Å². The number of carbonyl (C=O) groups excluding carboxylic acids is 2. The average Bonchev–Trinajstić information content (AvgIpc) is 2.42. The number of amides is 1. The van der Waals surface area contributed by atoms with Crippen molar-refractivity contribution in [3.8, 4) is 5.75 Å². The van der Waals surface area contributed by atoms with E-state index < -0.39 is 11.9 Å². The fraction of sp³-hybridized carbons (Fsp3) is 0.400. The van der Waals surface area contributed by atoms with Crippen molar-refractivity contribution in [3.05, 3.63) is 29.8 Å². The maximum absolute atomic E-state index is 11.6. The van der Waals surface area contributed by atoms with Crippen molar-refractivity contribution in [2.45, 2.75) is 32.6 Å². The molecule has 0 bridgehead atoms. The van der Waals surface area contributed by atoms with Gasteiger partial charge in [-0.25, -0.2) is 4.79 Å². The van der Waals surface area contributed by atoms with Gasteiger partial charge >= 0.3 is 11.9 Å². The van der Waals surface area contributed by atoms with Crippen molar-refractivity contribution in [1.29, 1.82) is 0 Å². The van der Waals surface area contributed by atoms with Crippen LogP contribution in [0.3, 0.4) is 0 Å². The highest BCUT2D eigenvalue weighted by Gasteiger charge is 2.13. The molecule has 0 aromatic heterocycles. The fourth-order valence-electron chi connectivity index (χ4n) is 1.74. The molecule has 0 radical (unpaired) electrons. The summed E-state index contributed by atoms with van der Waals surface area (Å²) in [5, 5.41) is 11.6. The molecule has 1 aromatic rings. The van der Waals surface area contributed by atoms with Crippen LogP contribution in [0.4, 0.5) is 0 Å². The van der Waals surface area contributed by atoms with E-state index in [-0.39, 0.29) is 23.6 Å². The zero-order chi connectivity index (χ0) is 15.7. The van der Waals surface area contributed by atoms with E-state index in [4.69, 9.17) is 9.84 Å². The third-order valence-corrected chi connectivity index (χ3v) is 2.77. The molecule has 2 N–H and O–H groups in total. The third-order valence-electron chi connectivity index (χ3n) is 2.77. The molecule has 114 valence electrons. The summed E-state index contributed by atoms with van der Waals surface area (Å²) in [5.41, 5.74) is -0.0310. The molecule has 0 unspecified atom stereocenters. The lowest BCUT2D eigenvalue weighted by Crippen LogP contribution is -2.20. The number of hydrogen-bond acceptors (Lipinski definition) is 4. The van der Waals surface area contributed by atoms with Crippen LogP contribution in [-0.2, 0) is 9.59 Å². The van der Waals surface area contributed by atoms with Crippen molar-refractivity contribution >= 4 is 17.8 Å². The zero-order valence-corrected chi connectivity index (χ0v) is 11.9. The molecule has 21 heavy (non-hydrogen) atoms. The highest BCUT2D eigenvalue weighted by atomic mass is 16.5. The zero-order valence-electron chi connectivity index (χ0n) is 11.9. The minimum Gasteiger partial charge on any atom is -0.478 e. The number of carbonyl (C=O) groups is 3.